The summed E-state index contributed by atoms with van der Waals surface area (Å²) >= 11 is 1.39. The second kappa shape index (κ2) is 3.46. The summed E-state index contributed by atoms with van der Waals surface area (Å²) in [4.78, 5) is 12.8. The van der Waals surface area contributed by atoms with E-state index in [0.29, 0.717) is 5.69 Å². The van der Waals surface area contributed by atoms with Gasteiger partial charge in [0.25, 0.3) is 0 Å². The molecule has 0 fully saturated rings. The van der Waals surface area contributed by atoms with Crippen molar-refractivity contribution >= 4 is 23.4 Å². The number of carbonyl (C=O) groups excluding carboxylic acids is 1. The van der Waals surface area contributed by atoms with Crippen LogP contribution in [-0.2, 0) is 4.79 Å². The second-order valence-corrected chi connectivity index (χ2v) is 4.27. The third kappa shape index (κ3) is 1.80. The summed E-state index contributed by atoms with van der Waals surface area (Å²) in [6.07, 6.45) is 1.50. The Balaban J connectivity index is 2.48. The predicted octanol–water partition coefficient (Wildman–Crippen LogP) is 2.77. The minimum absolute atomic E-state index is 0.166. The van der Waals surface area contributed by atoms with E-state index in [2.05, 4.69) is 5.32 Å². The highest BCUT2D eigenvalue weighted by Crippen LogP contribution is 2.35. The average Bonchev–Trinajstić information content (AvgIpc) is 2.21. The van der Waals surface area contributed by atoms with E-state index >= 15 is 0 Å². The summed E-state index contributed by atoms with van der Waals surface area (Å²) in [5.74, 6) is -0.458. The molecule has 1 amide bonds. The van der Waals surface area contributed by atoms with Crippen molar-refractivity contribution in [3.8, 4) is 0 Å². The van der Waals surface area contributed by atoms with Gasteiger partial charge >= 0.3 is 0 Å². The van der Waals surface area contributed by atoms with Gasteiger partial charge in [-0.15, -0.1) is 0 Å². The van der Waals surface area contributed by atoms with Crippen LogP contribution >= 0.6 is 11.8 Å². The third-order valence-electron chi connectivity index (χ3n) is 1.81. The highest BCUT2D eigenvalue weighted by Gasteiger charge is 2.12. The lowest BCUT2D eigenvalue weighted by Crippen LogP contribution is -2.07. The molecule has 1 heterocycles. The van der Waals surface area contributed by atoms with Crippen molar-refractivity contribution in [1.29, 1.82) is 0 Å². The molecule has 0 bridgehead atoms. The topological polar surface area (TPSA) is 29.1 Å². The van der Waals surface area contributed by atoms with E-state index in [4.69, 9.17) is 0 Å². The third-order valence-corrected chi connectivity index (χ3v) is 2.80. The predicted molar refractivity (Wildman–Crippen MR) is 54.6 cm³/mol. The van der Waals surface area contributed by atoms with Gasteiger partial charge < -0.3 is 5.32 Å². The zero-order valence-corrected chi connectivity index (χ0v) is 8.32. The van der Waals surface area contributed by atoms with E-state index in [1.807, 2.05) is 6.92 Å². The maximum absolute atomic E-state index is 12.9. The van der Waals surface area contributed by atoms with Crippen molar-refractivity contribution in [3.05, 3.63) is 35.0 Å². The Kier molecular flexibility index (Phi) is 2.29. The number of rotatable bonds is 0. The van der Waals surface area contributed by atoms with E-state index in [1.165, 1.54) is 30.0 Å². The minimum atomic E-state index is -0.291. The Hall–Kier alpha value is -1.29. The van der Waals surface area contributed by atoms with E-state index < -0.39 is 0 Å². The van der Waals surface area contributed by atoms with Gasteiger partial charge in [0.15, 0.2) is 0 Å². The Bertz CT molecular complexity index is 428. The van der Waals surface area contributed by atoms with Gasteiger partial charge in [-0.2, -0.15) is 0 Å². The van der Waals surface area contributed by atoms with Crippen LogP contribution in [0.3, 0.4) is 0 Å². The van der Waals surface area contributed by atoms with E-state index in [0.717, 1.165) is 9.80 Å². The first-order valence-corrected chi connectivity index (χ1v) is 4.93. The Morgan fingerprint density at radius 3 is 3.00 bits per heavy atom. The Morgan fingerprint density at radius 2 is 2.21 bits per heavy atom. The molecular formula is C10H8FNOS. The molecule has 0 saturated carbocycles. The molecule has 1 N–H and O–H groups in total. The van der Waals surface area contributed by atoms with Crippen LogP contribution in [0.25, 0.3) is 0 Å². The first kappa shape index (κ1) is 9.27. The van der Waals surface area contributed by atoms with E-state index in [1.54, 1.807) is 6.07 Å². The molecule has 0 aliphatic carbocycles. The van der Waals surface area contributed by atoms with Crippen LogP contribution in [0, 0.1) is 5.82 Å². The number of amides is 1. The molecule has 2 rings (SSSR count). The number of allylic oxidation sites excluding steroid dienone is 1. The summed E-state index contributed by atoms with van der Waals surface area (Å²) in [5, 5.41) is 2.68. The van der Waals surface area contributed by atoms with Crippen molar-refractivity contribution in [2.45, 2.75) is 11.8 Å². The fraction of sp³-hybridized carbons (Fsp3) is 0.100. The largest absolute Gasteiger partial charge is 0.321 e. The molecule has 0 saturated heterocycles. The fourth-order valence-electron chi connectivity index (χ4n) is 1.24. The van der Waals surface area contributed by atoms with Crippen molar-refractivity contribution in [1.82, 2.24) is 0 Å². The van der Waals surface area contributed by atoms with Crippen LogP contribution in [-0.4, -0.2) is 5.91 Å². The van der Waals surface area contributed by atoms with E-state index in [-0.39, 0.29) is 11.7 Å². The Labute approximate surface area is 85.2 Å². The number of hydrogen-bond acceptors (Lipinski definition) is 2. The zero-order valence-electron chi connectivity index (χ0n) is 7.50. The number of nitrogens with one attached hydrogen (secondary N) is 1. The maximum Gasteiger partial charge on any atom is 0.249 e. The first-order valence-electron chi connectivity index (χ1n) is 4.12. The molecule has 0 atom stereocenters. The number of fused-ring (bicyclic) bond motifs is 1. The lowest BCUT2D eigenvalue weighted by molar-refractivity contribution is -0.111. The summed E-state index contributed by atoms with van der Waals surface area (Å²) in [6.45, 7) is 1.82. The van der Waals surface area contributed by atoms with Crippen LogP contribution < -0.4 is 5.32 Å². The molecule has 0 unspecified atom stereocenters. The van der Waals surface area contributed by atoms with Crippen LogP contribution in [0.15, 0.2) is 34.1 Å². The maximum atomic E-state index is 12.9. The van der Waals surface area contributed by atoms with Gasteiger partial charge in [-0.05, 0) is 30.0 Å². The molecular weight excluding hydrogens is 201 g/mol. The summed E-state index contributed by atoms with van der Waals surface area (Å²) in [7, 11) is 0. The number of carbonyl (C=O) groups is 1. The summed E-state index contributed by atoms with van der Waals surface area (Å²) in [6, 6.07) is 4.32. The quantitative estimate of drug-likeness (QED) is 0.711. The van der Waals surface area contributed by atoms with Gasteiger partial charge in [0.2, 0.25) is 5.91 Å². The molecule has 4 heteroatoms. The molecule has 0 aromatic heterocycles. The molecule has 14 heavy (non-hydrogen) atoms. The SMILES string of the molecule is CC1=CC(=O)Nc2ccc(F)cc2S1. The second-order valence-electron chi connectivity index (χ2n) is 2.99. The fourth-order valence-corrected chi connectivity index (χ4v) is 2.15. The molecule has 72 valence electrons. The highest BCUT2D eigenvalue weighted by molar-refractivity contribution is 8.03. The van der Waals surface area contributed by atoms with Crippen LogP contribution in [0.2, 0.25) is 0 Å². The van der Waals surface area contributed by atoms with Crippen molar-refractivity contribution < 1.29 is 9.18 Å². The number of thioether (sulfide) groups is 1. The lowest BCUT2D eigenvalue weighted by Gasteiger charge is -2.05. The molecule has 1 aliphatic rings. The van der Waals surface area contributed by atoms with E-state index in [9.17, 15) is 9.18 Å². The normalized spacial score (nSPS) is 15.3. The molecule has 1 aromatic rings. The molecule has 2 nitrogen and oxygen atoms in total. The van der Waals surface area contributed by atoms with Gasteiger partial charge in [0.05, 0.1) is 5.69 Å². The van der Waals surface area contributed by atoms with Gasteiger partial charge in [-0.1, -0.05) is 11.8 Å². The monoisotopic (exact) mass is 209 g/mol. The standard InChI is InChI=1S/C10H8FNOS/c1-6-4-10(13)12-8-3-2-7(11)5-9(8)14-6/h2-5H,1H3,(H,12,13). The number of halogens is 1. The first-order chi connectivity index (χ1) is 6.65. The number of benzene rings is 1. The molecule has 0 radical (unpaired) electrons. The Morgan fingerprint density at radius 1 is 1.43 bits per heavy atom. The van der Waals surface area contributed by atoms with Gasteiger partial charge in [0.1, 0.15) is 5.82 Å². The van der Waals surface area contributed by atoms with Crippen molar-refractivity contribution in [2.75, 3.05) is 5.32 Å². The minimum Gasteiger partial charge on any atom is -0.321 e. The highest BCUT2D eigenvalue weighted by atomic mass is 32.2. The average molecular weight is 209 g/mol. The smallest absolute Gasteiger partial charge is 0.249 e. The van der Waals surface area contributed by atoms with Crippen molar-refractivity contribution in [3.63, 3.8) is 0 Å². The molecule has 0 spiro atoms. The zero-order chi connectivity index (χ0) is 10.1. The lowest BCUT2D eigenvalue weighted by atomic mass is 10.3. The number of anilines is 1. The molecule has 1 aliphatic heterocycles. The van der Waals surface area contributed by atoms with Crippen molar-refractivity contribution in [2.24, 2.45) is 0 Å². The number of hydrogen-bond donors (Lipinski definition) is 1. The molecule has 1 aromatic carbocycles. The van der Waals surface area contributed by atoms with Crippen LogP contribution in [0.5, 0.6) is 0 Å². The van der Waals surface area contributed by atoms with Crippen LogP contribution in [0.4, 0.5) is 10.1 Å². The summed E-state index contributed by atoms with van der Waals surface area (Å²) < 4.78 is 12.9. The van der Waals surface area contributed by atoms with Gasteiger partial charge in [-0.25, -0.2) is 4.39 Å². The summed E-state index contributed by atoms with van der Waals surface area (Å²) in [5.41, 5.74) is 0.662. The van der Waals surface area contributed by atoms with Gasteiger partial charge in [0, 0.05) is 11.0 Å². The van der Waals surface area contributed by atoms with Gasteiger partial charge in [-0.3, -0.25) is 4.79 Å². The van der Waals surface area contributed by atoms with Crippen LogP contribution in [0.1, 0.15) is 6.92 Å².